The van der Waals surface area contributed by atoms with Crippen molar-refractivity contribution in [2.24, 2.45) is 0 Å². The molecule has 2 aromatic heterocycles. The van der Waals surface area contributed by atoms with Crippen molar-refractivity contribution < 1.29 is 17.9 Å². The summed E-state index contributed by atoms with van der Waals surface area (Å²) in [5, 5.41) is -0.533. The first-order chi connectivity index (χ1) is 13.0. The van der Waals surface area contributed by atoms with Gasteiger partial charge in [-0.2, -0.15) is 4.31 Å². The van der Waals surface area contributed by atoms with Crippen molar-refractivity contribution in [3.63, 3.8) is 0 Å². The smallest absolute Gasteiger partial charge is 0.228 e. The number of amides is 1. The Bertz CT molecular complexity index is 887. The van der Waals surface area contributed by atoms with Crippen LogP contribution in [0.5, 0.6) is 0 Å². The molecule has 8 nitrogen and oxygen atoms in total. The van der Waals surface area contributed by atoms with E-state index in [1.165, 1.54) is 4.31 Å². The molecule has 2 fully saturated rings. The number of pyridine rings is 1. The minimum Gasteiger partial charge on any atom is -0.379 e. The Hall–Kier alpha value is -1.97. The largest absolute Gasteiger partial charge is 0.379 e. The molecule has 0 saturated carbocycles. The lowest BCUT2D eigenvalue weighted by Crippen LogP contribution is -2.52. The van der Waals surface area contributed by atoms with Crippen LogP contribution in [-0.2, 0) is 26.0 Å². The monoisotopic (exact) mass is 392 g/mol. The summed E-state index contributed by atoms with van der Waals surface area (Å²) in [5.74, 6) is -0.0692. The van der Waals surface area contributed by atoms with Crippen LogP contribution >= 0.6 is 0 Å². The summed E-state index contributed by atoms with van der Waals surface area (Å²) < 4.78 is 34.4. The van der Waals surface area contributed by atoms with Crippen LogP contribution < -0.4 is 0 Å². The summed E-state index contributed by atoms with van der Waals surface area (Å²) in [5.41, 5.74) is 1.50. The molecule has 0 bridgehead atoms. The number of hydrogen-bond acceptors (Lipinski definition) is 5. The minimum absolute atomic E-state index is 0.0692. The maximum Gasteiger partial charge on any atom is 0.228 e. The van der Waals surface area contributed by atoms with E-state index >= 15 is 0 Å². The molecule has 0 radical (unpaired) electrons. The third-order valence-electron chi connectivity index (χ3n) is 5.23. The van der Waals surface area contributed by atoms with Crippen molar-refractivity contribution >= 4 is 21.6 Å². The summed E-state index contributed by atoms with van der Waals surface area (Å²) in [7, 11) is -3.41. The molecule has 0 N–H and O–H groups in total. The number of hydrogen-bond donors (Lipinski definition) is 0. The van der Waals surface area contributed by atoms with Crippen molar-refractivity contribution in [1.29, 1.82) is 0 Å². The zero-order chi connectivity index (χ0) is 18.9. The Balaban J connectivity index is 1.43. The van der Waals surface area contributed by atoms with E-state index in [1.807, 2.05) is 35.0 Å². The molecule has 4 heterocycles. The molecule has 1 atom stereocenters. The molecule has 4 rings (SSSR count). The van der Waals surface area contributed by atoms with Crippen molar-refractivity contribution in [3.05, 3.63) is 36.3 Å². The van der Waals surface area contributed by atoms with E-state index in [0.29, 0.717) is 51.4 Å². The molecule has 1 amide bonds. The minimum atomic E-state index is -3.41. The van der Waals surface area contributed by atoms with Crippen molar-refractivity contribution in [2.75, 3.05) is 39.4 Å². The Morgan fingerprint density at radius 3 is 2.81 bits per heavy atom. The fraction of sp³-hybridized carbons (Fsp3) is 0.556. The highest BCUT2D eigenvalue weighted by Crippen LogP contribution is 2.22. The van der Waals surface area contributed by atoms with Crippen molar-refractivity contribution in [2.45, 2.75) is 24.5 Å². The third kappa shape index (κ3) is 3.85. The van der Waals surface area contributed by atoms with Gasteiger partial charge in [-0.15, -0.1) is 0 Å². The number of rotatable bonds is 4. The van der Waals surface area contributed by atoms with E-state index in [-0.39, 0.29) is 18.9 Å². The van der Waals surface area contributed by atoms with Gasteiger partial charge in [0.2, 0.25) is 15.9 Å². The van der Waals surface area contributed by atoms with E-state index in [2.05, 4.69) is 4.98 Å². The van der Waals surface area contributed by atoms with Gasteiger partial charge in [0.15, 0.2) is 0 Å². The van der Waals surface area contributed by atoms with Crippen LogP contribution in [0.3, 0.4) is 0 Å². The molecule has 0 unspecified atom stereocenters. The summed E-state index contributed by atoms with van der Waals surface area (Å²) >= 11 is 0. The maximum atomic E-state index is 12.9. The van der Waals surface area contributed by atoms with Crippen LogP contribution in [0.1, 0.15) is 18.5 Å². The van der Waals surface area contributed by atoms with Crippen LogP contribution in [0.4, 0.5) is 0 Å². The first-order valence-electron chi connectivity index (χ1n) is 9.31. The average Bonchev–Trinajstić information content (AvgIpc) is 3.11. The second kappa shape index (κ2) is 7.57. The molecule has 2 aliphatic heterocycles. The first kappa shape index (κ1) is 18.4. The van der Waals surface area contributed by atoms with Crippen molar-refractivity contribution in [3.8, 4) is 0 Å². The third-order valence-corrected chi connectivity index (χ3v) is 7.54. The van der Waals surface area contributed by atoms with Gasteiger partial charge < -0.3 is 14.0 Å². The van der Waals surface area contributed by atoms with E-state index < -0.39 is 15.3 Å². The number of imidazole rings is 1. The van der Waals surface area contributed by atoms with Crippen LogP contribution in [0.25, 0.3) is 5.65 Å². The number of nitrogens with zero attached hydrogens (tertiary/aromatic N) is 4. The normalized spacial score (nSPS) is 22.2. The number of carbonyl (C=O) groups is 1. The van der Waals surface area contributed by atoms with Gasteiger partial charge in [0, 0.05) is 38.6 Å². The van der Waals surface area contributed by atoms with Gasteiger partial charge >= 0.3 is 0 Å². The highest BCUT2D eigenvalue weighted by atomic mass is 32.2. The quantitative estimate of drug-likeness (QED) is 0.758. The lowest BCUT2D eigenvalue weighted by molar-refractivity contribution is -0.131. The van der Waals surface area contributed by atoms with Gasteiger partial charge in [-0.3, -0.25) is 4.79 Å². The Morgan fingerprint density at radius 1 is 1.22 bits per heavy atom. The molecule has 2 aromatic rings. The van der Waals surface area contributed by atoms with Crippen LogP contribution in [0, 0.1) is 0 Å². The van der Waals surface area contributed by atoms with Crippen LogP contribution in [-0.4, -0.2) is 77.6 Å². The van der Waals surface area contributed by atoms with Gasteiger partial charge in [0.05, 0.1) is 30.6 Å². The molecular formula is C18H24N4O4S. The lowest BCUT2D eigenvalue weighted by atomic mass is 10.1. The summed E-state index contributed by atoms with van der Waals surface area (Å²) in [6, 6.07) is 5.70. The van der Waals surface area contributed by atoms with Crippen LogP contribution in [0.15, 0.2) is 30.6 Å². The fourth-order valence-electron chi connectivity index (χ4n) is 3.76. The number of carbonyl (C=O) groups excluding carboxylic acids is 1. The Kier molecular flexibility index (Phi) is 5.16. The number of likely N-dealkylation sites (tertiary alicyclic amines) is 1. The van der Waals surface area contributed by atoms with Gasteiger partial charge in [-0.1, -0.05) is 6.07 Å². The molecule has 2 aliphatic rings. The van der Waals surface area contributed by atoms with E-state index in [0.717, 1.165) is 5.65 Å². The molecule has 9 heteroatoms. The van der Waals surface area contributed by atoms with E-state index in [1.54, 1.807) is 4.90 Å². The second-order valence-electron chi connectivity index (χ2n) is 7.04. The average molecular weight is 392 g/mol. The number of fused-ring (bicyclic) bond motifs is 1. The predicted molar refractivity (Wildman–Crippen MR) is 99.8 cm³/mol. The predicted octanol–water partition coefficient (Wildman–Crippen LogP) is 0.530. The zero-order valence-corrected chi connectivity index (χ0v) is 16.0. The Morgan fingerprint density at radius 2 is 2.04 bits per heavy atom. The molecule has 0 aliphatic carbocycles. The van der Waals surface area contributed by atoms with Crippen LogP contribution in [0.2, 0.25) is 0 Å². The fourth-order valence-corrected chi connectivity index (χ4v) is 5.67. The van der Waals surface area contributed by atoms with E-state index in [4.69, 9.17) is 4.74 Å². The van der Waals surface area contributed by atoms with E-state index in [9.17, 15) is 13.2 Å². The molecule has 0 spiro atoms. The zero-order valence-electron chi connectivity index (χ0n) is 15.2. The standard InChI is InChI=1S/C18H24N4O4S/c23-18(12-15-13-20-6-2-1-5-17(20)19-15)21-7-3-4-16(14-21)27(24,25)22-8-10-26-11-9-22/h1-2,5-6,13,16H,3-4,7-12,14H2/t16-/m0/s1. The first-order valence-corrected chi connectivity index (χ1v) is 10.8. The maximum absolute atomic E-state index is 12.9. The van der Waals surface area contributed by atoms with Gasteiger partial charge in [0.1, 0.15) is 5.65 Å². The van der Waals surface area contributed by atoms with Gasteiger partial charge in [-0.25, -0.2) is 13.4 Å². The number of morpholine rings is 1. The van der Waals surface area contributed by atoms with Gasteiger partial charge in [0.25, 0.3) is 0 Å². The molecular weight excluding hydrogens is 368 g/mol. The Labute approximate surface area is 158 Å². The number of ether oxygens (including phenoxy) is 1. The number of sulfonamides is 1. The molecule has 2 saturated heterocycles. The molecule has 0 aromatic carbocycles. The topological polar surface area (TPSA) is 84.2 Å². The SMILES string of the molecule is O=C(Cc1cn2ccccc2n1)N1CCC[C@H](S(=O)(=O)N2CCOCC2)C1. The second-order valence-corrected chi connectivity index (χ2v) is 9.25. The van der Waals surface area contributed by atoms with Gasteiger partial charge in [-0.05, 0) is 25.0 Å². The highest BCUT2D eigenvalue weighted by Gasteiger charge is 2.37. The molecule has 146 valence electrons. The summed E-state index contributed by atoms with van der Waals surface area (Å²) in [6.07, 6.45) is 5.22. The van der Waals surface area contributed by atoms with Crippen molar-refractivity contribution in [1.82, 2.24) is 18.6 Å². The lowest BCUT2D eigenvalue weighted by Gasteiger charge is -2.36. The summed E-state index contributed by atoms with van der Waals surface area (Å²) in [4.78, 5) is 18.9. The summed E-state index contributed by atoms with van der Waals surface area (Å²) in [6.45, 7) is 2.51. The number of piperidine rings is 1. The number of aromatic nitrogens is 2. The molecule has 27 heavy (non-hydrogen) atoms. The highest BCUT2D eigenvalue weighted by molar-refractivity contribution is 7.89.